The van der Waals surface area contributed by atoms with Gasteiger partial charge in [0.25, 0.3) is 0 Å². The average Bonchev–Trinajstić information content (AvgIpc) is 2.26. The van der Waals surface area contributed by atoms with E-state index in [1.54, 1.807) is 0 Å². The van der Waals surface area contributed by atoms with E-state index < -0.39 is 16.6 Å². The summed E-state index contributed by atoms with van der Waals surface area (Å²) in [5.74, 6) is 0. The third kappa shape index (κ3) is 5.45. The summed E-state index contributed by atoms with van der Waals surface area (Å²) in [5, 5.41) is 9.53. The first-order valence-electron chi connectivity index (χ1n) is 5.90. The van der Waals surface area contributed by atoms with E-state index in [1.807, 2.05) is 18.2 Å². The van der Waals surface area contributed by atoms with Crippen LogP contribution in [0.15, 0.2) is 36.0 Å². The molecular formula is C13H22O2Si2. The summed E-state index contributed by atoms with van der Waals surface area (Å²) in [4.78, 5) is 0. The largest absolute Gasteiger partial charge is 0.451 e. The standard InChI is InChI=1S/C13H22O2Si2/c1-16(2,3)15-17(4,12-14)11-10-13-8-6-5-7-9-13/h5-11,14H,12H2,1-4H3. The SMILES string of the molecule is C[Si](C)(C)O[Si](C)(C=Cc1ccccc1)CO. The van der Waals surface area contributed by atoms with Crippen LogP contribution in [0.5, 0.6) is 0 Å². The molecule has 0 aromatic heterocycles. The monoisotopic (exact) mass is 266 g/mol. The lowest BCUT2D eigenvalue weighted by atomic mass is 10.2. The third-order valence-electron chi connectivity index (χ3n) is 2.28. The number of benzene rings is 1. The van der Waals surface area contributed by atoms with E-state index in [4.69, 9.17) is 4.12 Å². The first-order valence-corrected chi connectivity index (χ1v) is 12.0. The smallest absolute Gasteiger partial charge is 0.227 e. The van der Waals surface area contributed by atoms with Crippen molar-refractivity contribution in [1.29, 1.82) is 0 Å². The Morgan fingerprint density at radius 2 is 1.71 bits per heavy atom. The minimum absolute atomic E-state index is 0.139. The molecule has 0 saturated heterocycles. The van der Waals surface area contributed by atoms with E-state index in [9.17, 15) is 5.11 Å². The molecule has 17 heavy (non-hydrogen) atoms. The zero-order valence-electron chi connectivity index (χ0n) is 11.1. The molecule has 0 radical (unpaired) electrons. The minimum atomic E-state index is -2.10. The Labute approximate surface area is 106 Å². The molecule has 2 nitrogen and oxygen atoms in total. The molecule has 0 saturated carbocycles. The van der Waals surface area contributed by atoms with E-state index >= 15 is 0 Å². The van der Waals surface area contributed by atoms with Crippen LogP contribution in [0.1, 0.15) is 5.56 Å². The summed E-state index contributed by atoms with van der Waals surface area (Å²) < 4.78 is 6.14. The Morgan fingerprint density at radius 3 is 2.18 bits per heavy atom. The van der Waals surface area contributed by atoms with Crippen LogP contribution in [0.4, 0.5) is 0 Å². The molecule has 0 heterocycles. The van der Waals surface area contributed by atoms with E-state index in [-0.39, 0.29) is 6.23 Å². The highest BCUT2D eigenvalue weighted by Crippen LogP contribution is 2.16. The van der Waals surface area contributed by atoms with Gasteiger partial charge in [0.1, 0.15) is 0 Å². The van der Waals surface area contributed by atoms with Gasteiger partial charge in [-0.1, -0.05) is 42.1 Å². The number of hydrogen-bond acceptors (Lipinski definition) is 2. The van der Waals surface area contributed by atoms with E-state index in [2.05, 4.69) is 50.1 Å². The molecule has 1 N–H and O–H groups in total. The Kier molecular flexibility index (Phi) is 4.88. The van der Waals surface area contributed by atoms with Gasteiger partial charge in [0.15, 0.2) is 8.32 Å². The van der Waals surface area contributed by atoms with Crippen LogP contribution in [-0.4, -0.2) is 28.0 Å². The summed E-state index contributed by atoms with van der Waals surface area (Å²) in [6.45, 7) is 8.53. The number of rotatable bonds is 5. The Morgan fingerprint density at radius 1 is 1.12 bits per heavy atom. The fourth-order valence-electron chi connectivity index (χ4n) is 1.66. The second-order valence-corrected chi connectivity index (χ2v) is 13.7. The Hall–Kier alpha value is -0.686. The topological polar surface area (TPSA) is 29.5 Å². The van der Waals surface area contributed by atoms with Crippen LogP contribution in [-0.2, 0) is 4.12 Å². The van der Waals surface area contributed by atoms with Crippen molar-refractivity contribution in [2.24, 2.45) is 0 Å². The molecule has 0 fully saturated rings. The van der Waals surface area contributed by atoms with Crippen molar-refractivity contribution in [3.05, 3.63) is 41.6 Å². The van der Waals surface area contributed by atoms with E-state index in [0.29, 0.717) is 0 Å². The van der Waals surface area contributed by atoms with Gasteiger partial charge < -0.3 is 9.22 Å². The fraction of sp³-hybridized carbons (Fsp3) is 0.385. The van der Waals surface area contributed by atoms with Crippen molar-refractivity contribution in [1.82, 2.24) is 0 Å². The number of aliphatic hydroxyl groups is 1. The van der Waals surface area contributed by atoms with Gasteiger partial charge in [-0.25, -0.2) is 0 Å². The molecule has 1 atom stereocenters. The van der Waals surface area contributed by atoms with Crippen molar-refractivity contribution < 1.29 is 9.22 Å². The molecule has 1 aromatic rings. The molecule has 4 heteroatoms. The molecule has 0 bridgehead atoms. The second kappa shape index (κ2) is 5.77. The maximum Gasteiger partial charge on any atom is 0.227 e. The van der Waals surface area contributed by atoms with Gasteiger partial charge in [-0.3, -0.25) is 0 Å². The van der Waals surface area contributed by atoms with Crippen molar-refractivity contribution in [3.63, 3.8) is 0 Å². The first-order chi connectivity index (χ1) is 7.85. The highest BCUT2D eigenvalue weighted by molar-refractivity contribution is 6.87. The predicted molar refractivity (Wildman–Crippen MR) is 78.6 cm³/mol. The van der Waals surface area contributed by atoms with Crippen LogP contribution in [0, 0.1) is 0 Å². The number of aliphatic hydroxyl groups excluding tert-OH is 1. The van der Waals surface area contributed by atoms with Crippen LogP contribution in [0.2, 0.25) is 26.2 Å². The third-order valence-corrected chi connectivity index (χ3v) is 8.10. The van der Waals surface area contributed by atoms with Crippen LogP contribution < -0.4 is 0 Å². The lowest BCUT2D eigenvalue weighted by molar-refractivity contribution is 0.335. The van der Waals surface area contributed by atoms with Crippen molar-refractivity contribution in [3.8, 4) is 0 Å². The lowest BCUT2D eigenvalue weighted by Crippen LogP contribution is -2.46. The quantitative estimate of drug-likeness (QED) is 0.829. The Balaban J connectivity index is 2.79. The summed E-state index contributed by atoms with van der Waals surface area (Å²) in [6, 6.07) is 10.1. The lowest BCUT2D eigenvalue weighted by Gasteiger charge is -2.30. The van der Waals surface area contributed by atoms with Crippen molar-refractivity contribution >= 4 is 22.7 Å². The summed E-state index contributed by atoms with van der Waals surface area (Å²) in [6.07, 6.45) is 2.20. The molecule has 1 aromatic carbocycles. The van der Waals surface area contributed by atoms with Gasteiger partial charge in [-0.2, -0.15) is 0 Å². The maximum atomic E-state index is 9.53. The summed E-state index contributed by atoms with van der Waals surface area (Å²) in [5.41, 5.74) is 3.24. The van der Waals surface area contributed by atoms with Gasteiger partial charge in [-0.15, -0.1) is 0 Å². The molecular weight excluding hydrogens is 244 g/mol. The van der Waals surface area contributed by atoms with Crippen LogP contribution in [0.25, 0.3) is 6.08 Å². The second-order valence-electron chi connectivity index (χ2n) is 5.43. The normalized spacial score (nSPS) is 16.1. The molecule has 0 spiro atoms. The van der Waals surface area contributed by atoms with Gasteiger partial charge in [0.2, 0.25) is 8.32 Å². The molecule has 1 rings (SSSR count). The minimum Gasteiger partial charge on any atom is -0.451 e. The van der Waals surface area contributed by atoms with Crippen LogP contribution in [0.3, 0.4) is 0 Å². The maximum absolute atomic E-state index is 9.53. The molecule has 0 aliphatic rings. The van der Waals surface area contributed by atoms with Crippen molar-refractivity contribution in [2.75, 3.05) is 6.23 Å². The van der Waals surface area contributed by atoms with Crippen LogP contribution >= 0.6 is 0 Å². The van der Waals surface area contributed by atoms with Crippen molar-refractivity contribution in [2.45, 2.75) is 26.2 Å². The van der Waals surface area contributed by atoms with E-state index in [0.717, 1.165) is 5.56 Å². The van der Waals surface area contributed by atoms with Gasteiger partial charge in [-0.05, 0) is 31.8 Å². The zero-order valence-corrected chi connectivity index (χ0v) is 13.1. The predicted octanol–water partition coefficient (Wildman–Crippen LogP) is 3.20. The summed E-state index contributed by atoms with van der Waals surface area (Å²) >= 11 is 0. The highest BCUT2D eigenvalue weighted by Gasteiger charge is 2.31. The fourth-order valence-corrected chi connectivity index (χ4v) is 8.43. The molecule has 1 unspecified atom stereocenters. The molecule has 0 aliphatic carbocycles. The Bertz CT molecular complexity index is 371. The van der Waals surface area contributed by atoms with E-state index in [1.165, 1.54) is 0 Å². The zero-order chi connectivity index (χ0) is 12.9. The highest BCUT2D eigenvalue weighted by atomic mass is 28.4. The van der Waals surface area contributed by atoms with Gasteiger partial charge in [0.05, 0.1) is 6.23 Å². The number of hydrogen-bond donors (Lipinski definition) is 1. The van der Waals surface area contributed by atoms with Gasteiger partial charge in [0, 0.05) is 0 Å². The first kappa shape index (κ1) is 14.4. The van der Waals surface area contributed by atoms with Gasteiger partial charge >= 0.3 is 0 Å². The molecule has 0 amide bonds. The molecule has 0 aliphatic heterocycles. The summed E-state index contributed by atoms with van der Waals surface area (Å²) in [7, 11) is -3.71. The molecule has 94 valence electrons. The average molecular weight is 266 g/mol.